The molecule has 1 fully saturated rings. The SMILES string of the molecule is O=C(O)Nc1nccc(-c2c(-c3ccc(F)cc3)ncn2C2CCCC2)n1. The van der Waals surface area contributed by atoms with E-state index in [-0.39, 0.29) is 11.8 Å². The number of imidazole rings is 1. The van der Waals surface area contributed by atoms with E-state index in [9.17, 15) is 9.18 Å². The van der Waals surface area contributed by atoms with Gasteiger partial charge in [0.15, 0.2) is 0 Å². The fourth-order valence-corrected chi connectivity index (χ4v) is 3.54. The quantitative estimate of drug-likeness (QED) is 0.715. The summed E-state index contributed by atoms with van der Waals surface area (Å²) in [4.78, 5) is 23.8. The Morgan fingerprint density at radius 2 is 1.89 bits per heavy atom. The molecule has 0 spiro atoms. The van der Waals surface area contributed by atoms with Gasteiger partial charge >= 0.3 is 6.09 Å². The molecule has 27 heavy (non-hydrogen) atoms. The van der Waals surface area contributed by atoms with Crippen molar-refractivity contribution < 1.29 is 14.3 Å². The van der Waals surface area contributed by atoms with E-state index in [2.05, 4.69) is 24.8 Å². The average molecular weight is 367 g/mol. The lowest BCUT2D eigenvalue weighted by atomic mass is 10.1. The minimum absolute atomic E-state index is 0.00391. The zero-order valence-corrected chi connectivity index (χ0v) is 14.5. The molecule has 7 nitrogen and oxygen atoms in total. The molecule has 1 saturated carbocycles. The van der Waals surface area contributed by atoms with Crippen LogP contribution in [0.3, 0.4) is 0 Å². The van der Waals surface area contributed by atoms with Crippen LogP contribution in [0, 0.1) is 5.82 Å². The van der Waals surface area contributed by atoms with Gasteiger partial charge in [0.05, 0.1) is 23.4 Å². The third kappa shape index (κ3) is 3.51. The van der Waals surface area contributed by atoms with Crippen LogP contribution in [0.2, 0.25) is 0 Å². The van der Waals surface area contributed by atoms with Gasteiger partial charge in [-0.1, -0.05) is 12.8 Å². The number of benzene rings is 1. The highest BCUT2D eigenvalue weighted by atomic mass is 19.1. The first-order valence-electron chi connectivity index (χ1n) is 8.78. The Kier molecular flexibility index (Phi) is 4.53. The van der Waals surface area contributed by atoms with Crippen molar-refractivity contribution in [3.05, 3.63) is 48.7 Å². The molecule has 4 rings (SSSR count). The lowest BCUT2D eigenvalue weighted by Crippen LogP contribution is -2.11. The normalized spacial score (nSPS) is 14.4. The molecule has 0 saturated heterocycles. The Hall–Kier alpha value is -3.29. The van der Waals surface area contributed by atoms with E-state index in [4.69, 9.17) is 5.11 Å². The zero-order valence-electron chi connectivity index (χ0n) is 14.5. The van der Waals surface area contributed by atoms with Gasteiger partial charge in [-0.3, -0.25) is 5.32 Å². The predicted molar refractivity (Wildman–Crippen MR) is 97.8 cm³/mol. The molecule has 1 aliphatic rings. The van der Waals surface area contributed by atoms with Crippen LogP contribution < -0.4 is 5.32 Å². The van der Waals surface area contributed by atoms with Gasteiger partial charge in [0, 0.05) is 17.8 Å². The van der Waals surface area contributed by atoms with Gasteiger partial charge in [-0.25, -0.2) is 24.1 Å². The molecule has 1 amide bonds. The predicted octanol–water partition coefficient (Wildman–Crippen LogP) is 4.35. The summed E-state index contributed by atoms with van der Waals surface area (Å²) in [6.07, 6.45) is 6.49. The van der Waals surface area contributed by atoms with Crippen molar-refractivity contribution in [3.63, 3.8) is 0 Å². The first-order chi connectivity index (χ1) is 13.1. The second-order valence-corrected chi connectivity index (χ2v) is 6.49. The van der Waals surface area contributed by atoms with Gasteiger partial charge < -0.3 is 9.67 Å². The van der Waals surface area contributed by atoms with Gasteiger partial charge in [0.2, 0.25) is 5.95 Å². The van der Waals surface area contributed by atoms with Crippen molar-refractivity contribution in [1.82, 2.24) is 19.5 Å². The lowest BCUT2D eigenvalue weighted by Gasteiger charge is -2.16. The Balaban J connectivity index is 1.84. The smallest absolute Gasteiger partial charge is 0.411 e. The fraction of sp³-hybridized carbons (Fsp3) is 0.263. The molecular weight excluding hydrogens is 349 g/mol. The maximum absolute atomic E-state index is 13.3. The zero-order chi connectivity index (χ0) is 18.8. The molecule has 138 valence electrons. The molecule has 1 aliphatic carbocycles. The molecule has 1 aromatic carbocycles. The Morgan fingerprint density at radius 1 is 1.15 bits per heavy atom. The molecule has 0 radical (unpaired) electrons. The number of hydrogen-bond acceptors (Lipinski definition) is 4. The number of carbonyl (C=O) groups is 1. The van der Waals surface area contributed by atoms with E-state index in [1.807, 2.05) is 0 Å². The van der Waals surface area contributed by atoms with E-state index in [0.717, 1.165) is 36.9 Å². The molecule has 8 heteroatoms. The van der Waals surface area contributed by atoms with Crippen LogP contribution in [0.15, 0.2) is 42.9 Å². The molecular formula is C19H18FN5O2. The number of halogens is 1. The first kappa shape index (κ1) is 17.1. The summed E-state index contributed by atoms with van der Waals surface area (Å²) in [5.74, 6) is -0.310. The standard InChI is InChI=1S/C19H18FN5O2/c20-13-7-5-12(6-8-13)16-17(25(11-22-16)14-3-1-2-4-14)15-9-10-21-18(23-15)24-19(26)27/h5-11,14H,1-4H2,(H,26,27)(H,21,23,24). The van der Waals surface area contributed by atoms with E-state index in [0.29, 0.717) is 17.4 Å². The summed E-state index contributed by atoms with van der Waals surface area (Å²) >= 11 is 0. The highest BCUT2D eigenvalue weighted by Crippen LogP contribution is 2.37. The van der Waals surface area contributed by atoms with Gasteiger partial charge in [-0.05, 0) is 43.2 Å². The average Bonchev–Trinajstić information content (AvgIpc) is 3.31. The fourth-order valence-electron chi connectivity index (χ4n) is 3.54. The molecule has 2 heterocycles. The lowest BCUT2D eigenvalue weighted by molar-refractivity contribution is 0.209. The number of carboxylic acid groups (broad SMARTS) is 1. The molecule has 2 N–H and O–H groups in total. The van der Waals surface area contributed by atoms with Crippen molar-refractivity contribution in [2.24, 2.45) is 0 Å². The second kappa shape index (κ2) is 7.14. The van der Waals surface area contributed by atoms with Crippen molar-refractivity contribution in [2.45, 2.75) is 31.7 Å². The van der Waals surface area contributed by atoms with Gasteiger partial charge in [-0.2, -0.15) is 0 Å². The van der Waals surface area contributed by atoms with Crippen LogP contribution in [0.1, 0.15) is 31.7 Å². The molecule has 3 aromatic rings. The van der Waals surface area contributed by atoms with Gasteiger partial charge in [0.1, 0.15) is 5.82 Å². The van der Waals surface area contributed by atoms with E-state index >= 15 is 0 Å². The summed E-state index contributed by atoms with van der Waals surface area (Å²) in [6, 6.07) is 8.18. The summed E-state index contributed by atoms with van der Waals surface area (Å²) in [6.45, 7) is 0. The molecule has 0 bridgehead atoms. The van der Waals surface area contributed by atoms with Crippen LogP contribution in [0.5, 0.6) is 0 Å². The number of rotatable bonds is 4. The number of anilines is 1. The molecule has 0 atom stereocenters. The van der Waals surface area contributed by atoms with E-state index in [1.165, 1.54) is 18.3 Å². The van der Waals surface area contributed by atoms with Gasteiger partial charge in [-0.15, -0.1) is 0 Å². The van der Waals surface area contributed by atoms with Crippen LogP contribution in [0.4, 0.5) is 15.1 Å². The summed E-state index contributed by atoms with van der Waals surface area (Å²) in [5.41, 5.74) is 2.80. The summed E-state index contributed by atoms with van der Waals surface area (Å²) < 4.78 is 15.4. The maximum atomic E-state index is 13.3. The minimum atomic E-state index is -1.23. The summed E-state index contributed by atoms with van der Waals surface area (Å²) in [5, 5.41) is 11.1. The number of aromatic nitrogens is 4. The van der Waals surface area contributed by atoms with E-state index < -0.39 is 6.09 Å². The topological polar surface area (TPSA) is 92.9 Å². The monoisotopic (exact) mass is 367 g/mol. The van der Waals surface area contributed by atoms with E-state index in [1.54, 1.807) is 24.5 Å². The van der Waals surface area contributed by atoms with Crippen molar-refractivity contribution in [1.29, 1.82) is 0 Å². The third-order valence-corrected chi connectivity index (χ3v) is 4.75. The Bertz CT molecular complexity index is 964. The van der Waals surface area contributed by atoms with Crippen molar-refractivity contribution in [3.8, 4) is 22.6 Å². The Morgan fingerprint density at radius 3 is 2.59 bits per heavy atom. The largest absolute Gasteiger partial charge is 0.465 e. The first-order valence-corrected chi connectivity index (χ1v) is 8.78. The highest BCUT2D eigenvalue weighted by molar-refractivity contribution is 5.81. The molecule has 0 unspecified atom stereocenters. The second-order valence-electron chi connectivity index (χ2n) is 6.49. The van der Waals surface area contributed by atoms with Crippen LogP contribution in [-0.4, -0.2) is 30.7 Å². The molecule has 2 aromatic heterocycles. The number of amides is 1. The van der Waals surface area contributed by atoms with Crippen molar-refractivity contribution in [2.75, 3.05) is 5.32 Å². The van der Waals surface area contributed by atoms with Crippen molar-refractivity contribution >= 4 is 12.0 Å². The van der Waals surface area contributed by atoms with Crippen LogP contribution in [0.25, 0.3) is 22.6 Å². The molecule has 0 aliphatic heterocycles. The maximum Gasteiger partial charge on any atom is 0.411 e. The number of hydrogen-bond donors (Lipinski definition) is 2. The summed E-state index contributed by atoms with van der Waals surface area (Å²) in [7, 11) is 0. The third-order valence-electron chi connectivity index (χ3n) is 4.75. The number of nitrogens with one attached hydrogen (secondary N) is 1. The van der Waals surface area contributed by atoms with Gasteiger partial charge in [0.25, 0.3) is 0 Å². The Labute approximate surface area is 154 Å². The van der Waals surface area contributed by atoms with Crippen LogP contribution in [-0.2, 0) is 0 Å². The number of nitrogens with zero attached hydrogens (tertiary/aromatic N) is 4. The highest BCUT2D eigenvalue weighted by Gasteiger charge is 2.24. The van der Waals surface area contributed by atoms with Crippen LogP contribution >= 0.6 is 0 Å². The minimum Gasteiger partial charge on any atom is -0.465 e.